The minimum absolute atomic E-state index is 0.0418. The van der Waals surface area contributed by atoms with Crippen LogP contribution in [0.1, 0.15) is 13.3 Å². The lowest BCUT2D eigenvalue weighted by atomic mass is 10.2. The van der Waals surface area contributed by atoms with Crippen molar-refractivity contribution >= 4 is 28.6 Å². The third-order valence-electron chi connectivity index (χ3n) is 3.48. The average molecular weight is 285 g/mol. The molecule has 6 nitrogen and oxygen atoms in total. The van der Waals surface area contributed by atoms with Crippen LogP contribution in [-0.2, 0) is 4.79 Å². The first-order valence-corrected chi connectivity index (χ1v) is 7.30. The van der Waals surface area contributed by atoms with Gasteiger partial charge in [-0.3, -0.25) is 4.79 Å². The van der Waals surface area contributed by atoms with E-state index in [4.69, 9.17) is 0 Å². The van der Waals surface area contributed by atoms with Gasteiger partial charge in [0.25, 0.3) is 0 Å². The largest absolute Gasteiger partial charge is 0.354 e. The molecule has 3 rings (SSSR count). The van der Waals surface area contributed by atoms with Gasteiger partial charge >= 0.3 is 0 Å². The van der Waals surface area contributed by atoms with Crippen molar-refractivity contribution in [3.63, 3.8) is 0 Å². The summed E-state index contributed by atoms with van der Waals surface area (Å²) >= 11 is 0. The van der Waals surface area contributed by atoms with Gasteiger partial charge in [-0.25, -0.2) is 4.98 Å². The number of nitrogens with one attached hydrogen (secondary N) is 2. The molecular weight excluding hydrogens is 266 g/mol. The maximum absolute atomic E-state index is 11.8. The molecule has 0 spiro atoms. The monoisotopic (exact) mass is 285 g/mol. The van der Waals surface area contributed by atoms with Crippen molar-refractivity contribution in [3.05, 3.63) is 24.3 Å². The predicted octanol–water partition coefficient (Wildman–Crippen LogP) is 1.39. The van der Waals surface area contributed by atoms with E-state index in [2.05, 4.69) is 20.6 Å². The van der Waals surface area contributed by atoms with Crippen LogP contribution in [0.25, 0.3) is 10.9 Å². The molecule has 1 aliphatic heterocycles. The Labute approximate surface area is 123 Å². The molecule has 2 heterocycles. The minimum Gasteiger partial charge on any atom is -0.354 e. The smallest absolute Gasteiger partial charge is 0.239 e. The van der Waals surface area contributed by atoms with Gasteiger partial charge in [-0.1, -0.05) is 12.1 Å². The number of hydrogen-bond donors (Lipinski definition) is 2. The third kappa shape index (κ3) is 2.89. The molecule has 0 aliphatic carbocycles. The van der Waals surface area contributed by atoms with E-state index in [9.17, 15) is 4.79 Å². The molecule has 0 radical (unpaired) electrons. The average Bonchev–Trinajstić information content (AvgIpc) is 2.71. The molecule has 6 heteroatoms. The van der Waals surface area contributed by atoms with Crippen molar-refractivity contribution in [2.45, 2.75) is 13.3 Å². The molecule has 2 aromatic rings. The fraction of sp³-hybridized carbons (Fsp3) is 0.400. The molecule has 1 aromatic heterocycles. The van der Waals surface area contributed by atoms with Gasteiger partial charge in [0.2, 0.25) is 11.9 Å². The number of anilines is 2. The van der Waals surface area contributed by atoms with Gasteiger partial charge < -0.3 is 15.5 Å². The van der Waals surface area contributed by atoms with Crippen LogP contribution in [0.3, 0.4) is 0 Å². The summed E-state index contributed by atoms with van der Waals surface area (Å²) in [6, 6.07) is 7.91. The van der Waals surface area contributed by atoms with E-state index in [0.717, 1.165) is 42.8 Å². The first kappa shape index (κ1) is 13.6. The third-order valence-corrected chi connectivity index (χ3v) is 3.48. The molecule has 21 heavy (non-hydrogen) atoms. The zero-order valence-electron chi connectivity index (χ0n) is 12.1. The molecule has 2 N–H and O–H groups in total. The quantitative estimate of drug-likeness (QED) is 0.892. The molecular formula is C15H19N5O. The second kappa shape index (κ2) is 5.95. The maximum Gasteiger partial charge on any atom is 0.239 e. The Bertz CT molecular complexity index is 658. The Kier molecular flexibility index (Phi) is 3.85. The lowest BCUT2D eigenvalue weighted by molar-refractivity contribution is -0.119. The van der Waals surface area contributed by atoms with E-state index in [1.54, 1.807) is 0 Å². The van der Waals surface area contributed by atoms with Crippen LogP contribution < -0.4 is 15.5 Å². The molecule has 0 bridgehead atoms. The predicted molar refractivity (Wildman–Crippen MR) is 83.5 cm³/mol. The van der Waals surface area contributed by atoms with E-state index in [0.29, 0.717) is 12.5 Å². The summed E-state index contributed by atoms with van der Waals surface area (Å²) in [4.78, 5) is 23.0. The molecule has 1 saturated heterocycles. The minimum atomic E-state index is 0.0418. The van der Waals surface area contributed by atoms with E-state index in [1.807, 2.05) is 36.1 Å². The van der Waals surface area contributed by atoms with Gasteiger partial charge in [0.1, 0.15) is 5.82 Å². The summed E-state index contributed by atoms with van der Waals surface area (Å²) in [5.41, 5.74) is 0.892. The highest BCUT2D eigenvalue weighted by atomic mass is 16.2. The van der Waals surface area contributed by atoms with Crippen molar-refractivity contribution in [1.29, 1.82) is 0 Å². The number of rotatable bonds is 3. The van der Waals surface area contributed by atoms with Gasteiger partial charge in [-0.05, 0) is 25.5 Å². The second-order valence-electron chi connectivity index (χ2n) is 5.04. The Hall–Kier alpha value is -2.37. The SMILES string of the molecule is CCNc1nc(N2CCCNC(=O)C2)c2ccccc2n1. The van der Waals surface area contributed by atoms with E-state index < -0.39 is 0 Å². The van der Waals surface area contributed by atoms with Crippen LogP contribution in [0.15, 0.2) is 24.3 Å². The highest BCUT2D eigenvalue weighted by molar-refractivity contribution is 5.92. The lowest BCUT2D eigenvalue weighted by Gasteiger charge is -2.22. The van der Waals surface area contributed by atoms with Crippen molar-refractivity contribution in [2.24, 2.45) is 0 Å². The number of carbonyl (C=O) groups excluding carboxylic acids is 1. The summed E-state index contributed by atoms with van der Waals surface area (Å²) in [5.74, 6) is 1.48. The van der Waals surface area contributed by atoms with E-state index in [1.165, 1.54) is 0 Å². The molecule has 1 aromatic carbocycles. The van der Waals surface area contributed by atoms with Crippen LogP contribution in [0.2, 0.25) is 0 Å². The molecule has 0 saturated carbocycles. The van der Waals surface area contributed by atoms with Crippen LogP contribution in [-0.4, -0.2) is 42.1 Å². The normalized spacial score (nSPS) is 15.7. The van der Waals surface area contributed by atoms with E-state index in [-0.39, 0.29) is 5.91 Å². The molecule has 110 valence electrons. The fourth-order valence-corrected chi connectivity index (χ4v) is 2.52. The number of fused-ring (bicyclic) bond motifs is 1. The number of benzene rings is 1. The Morgan fingerprint density at radius 1 is 1.33 bits per heavy atom. The van der Waals surface area contributed by atoms with Crippen molar-refractivity contribution in [1.82, 2.24) is 15.3 Å². The topological polar surface area (TPSA) is 70.2 Å². The van der Waals surface area contributed by atoms with Crippen molar-refractivity contribution in [2.75, 3.05) is 36.4 Å². The highest BCUT2D eigenvalue weighted by Gasteiger charge is 2.19. The first-order chi connectivity index (χ1) is 10.3. The van der Waals surface area contributed by atoms with Gasteiger partial charge in [0.15, 0.2) is 0 Å². The number of hydrogen-bond acceptors (Lipinski definition) is 5. The van der Waals surface area contributed by atoms with Gasteiger partial charge in [0, 0.05) is 25.0 Å². The molecule has 1 fully saturated rings. The zero-order valence-corrected chi connectivity index (χ0v) is 12.1. The summed E-state index contributed by atoms with van der Waals surface area (Å²) in [5, 5.41) is 7.03. The van der Waals surface area contributed by atoms with E-state index >= 15 is 0 Å². The summed E-state index contributed by atoms with van der Waals surface area (Å²) in [7, 11) is 0. The summed E-state index contributed by atoms with van der Waals surface area (Å²) in [6.07, 6.45) is 0.917. The zero-order chi connectivity index (χ0) is 14.7. The number of amides is 1. The lowest BCUT2D eigenvalue weighted by Crippen LogP contribution is -2.33. The Morgan fingerprint density at radius 2 is 2.19 bits per heavy atom. The Balaban J connectivity index is 2.08. The molecule has 1 amide bonds. The van der Waals surface area contributed by atoms with Crippen molar-refractivity contribution < 1.29 is 4.79 Å². The van der Waals surface area contributed by atoms with Crippen molar-refractivity contribution in [3.8, 4) is 0 Å². The molecule has 0 unspecified atom stereocenters. The highest BCUT2D eigenvalue weighted by Crippen LogP contribution is 2.25. The first-order valence-electron chi connectivity index (χ1n) is 7.30. The standard InChI is InChI=1S/C15H19N5O/c1-2-16-15-18-12-7-4-3-6-11(12)14(19-15)20-9-5-8-17-13(21)10-20/h3-4,6-7H,2,5,8-10H2,1H3,(H,17,21)(H,16,18,19). The van der Waals surface area contributed by atoms with Gasteiger partial charge in [0.05, 0.1) is 12.1 Å². The number of nitrogens with zero attached hydrogens (tertiary/aromatic N) is 3. The number of aromatic nitrogens is 2. The van der Waals surface area contributed by atoms with Gasteiger partial charge in [-0.15, -0.1) is 0 Å². The van der Waals surface area contributed by atoms with Crippen LogP contribution in [0.4, 0.5) is 11.8 Å². The van der Waals surface area contributed by atoms with Crippen LogP contribution in [0, 0.1) is 0 Å². The maximum atomic E-state index is 11.8. The fourth-order valence-electron chi connectivity index (χ4n) is 2.52. The number of carbonyl (C=O) groups is 1. The van der Waals surface area contributed by atoms with Gasteiger partial charge in [-0.2, -0.15) is 4.98 Å². The molecule has 1 aliphatic rings. The summed E-state index contributed by atoms with van der Waals surface area (Å²) in [6.45, 7) is 4.65. The molecule has 0 atom stereocenters. The van der Waals surface area contributed by atoms with Crippen LogP contribution in [0.5, 0.6) is 0 Å². The second-order valence-corrected chi connectivity index (χ2v) is 5.04. The summed E-state index contributed by atoms with van der Waals surface area (Å²) < 4.78 is 0. The Morgan fingerprint density at radius 3 is 3.05 bits per heavy atom. The van der Waals surface area contributed by atoms with Crippen LogP contribution >= 0.6 is 0 Å². The number of para-hydroxylation sites is 1.